The zero-order chi connectivity index (χ0) is 42.8. The number of hydrogen-bond acceptors (Lipinski definition) is 2. The van der Waals surface area contributed by atoms with E-state index in [1.54, 1.807) is 0 Å². The molecule has 9 aromatic carbocycles. The van der Waals surface area contributed by atoms with Crippen LogP contribution in [0, 0.1) is 0 Å². The van der Waals surface area contributed by atoms with Crippen LogP contribution in [-0.4, -0.2) is 0 Å². The molecule has 0 atom stereocenters. The van der Waals surface area contributed by atoms with Crippen molar-refractivity contribution in [1.29, 1.82) is 0 Å². The van der Waals surface area contributed by atoms with E-state index < -0.39 is 5.41 Å². The molecule has 0 saturated heterocycles. The van der Waals surface area contributed by atoms with Crippen molar-refractivity contribution < 1.29 is 0 Å². The Morgan fingerprint density at radius 2 is 1.02 bits per heavy atom. The largest absolute Gasteiger partial charge is 0.308 e. The molecule has 12 rings (SSSR count). The summed E-state index contributed by atoms with van der Waals surface area (Å²) in [5.74, 6) is 0. The summed E-state index contributed by atoms with van der Waals surface area (Å²) in [5, 5.41) is 5.20. The molecule has 0 saturated carbocycles. The highest BCUT2D eigenvalue weighted by Crippen LogP contribution is 2.65. The average molecular weight is 828 g/mol. The summed E-state index contributed by atoms with van der Waals surface area (Å²) in [6.45, 7) is 14.0. The SMILES string of the molecule is CC(C)(C)c1ccc2c(c1)C1(c3cc(C(C)(C)C)ccc3-2)c2ccccc2-c2c(N(c3ccc(-c4ccccc4)cc3)c3cccc4c3sc3ccc5ccccc5c34)cccc21. The summed E-state index contributed by atoms with van der Waals surface area (Å²) in [6.07, 6.45) is 0. The van der Waals surface area contributed by atoms with Crippen LogP contribution in [0.3, 0.4) is 0 Å². The van der Waals surface area contributed by atoms with Crippen molar-refractivity contribution in [1.82, 2.24) is 0 Å². The number of anilines is 3. The number of nitrogens with zero attached hydrogens (tertiary/aromatic N) is 1. The molecule has 0 N–H and O–H groups in total. The lowest BCUT2D eigenvalue weighted by atomic mass is 9.69. The van der Waals surface area contributed by atoms with Gasteiger partial charge in [0.1, 0.15) is 0 Å². The molecule has 1 heterocycles. The Kier molecular flexibility index (Phi) is 8.22. The minimum atomic E-state index is -0.500. The smallest absolute Gasteiger partial charge is 0.0726 e. The van der Waals surface area contributed by atoms with Crippen molar-refractivity contribution in [3.8, 4) is 33.4 Å². The predicted octanol–water partition coefficient (Wildman–Crippen LogP) is 17.3. The van der Waals surface area contributed by atoms with Gasteiger partial charge in [-0.1, -0.05) is 199 Å². The Hall–Kier alpha value is -6.74. The minimum Gasteiger partial charge on any atom is -0.308 e. The van der Waals surface area contributed by atoms with Crippen LogP contribution in [0.25, 0.3) is 64.3 Å². The fourth-order valence-corrected chi connectivity index (χ4v) is 12.1. The second kappa shape index (κ2) is 13.6. The number of benzene rings is 9. The molecule has 0 radical (unpaired) electrons. The summed E-state index contributed by atoms with van der Waals surface area (Å²) in [4.78, 5) is 2.57. The summed E-state index contributed by atoms with van der Waals surface area (Å²) >= 11 is 1.91. The molecule has 0 aliphatic heterocycles. The molecule has 2 aliphatic carbocycles. The second-order valence-electron chi connectivity index (χ2n) is 19.7. The van der Waals surface area contributed by atoms with Gasteiger partial charge in [0.15, 0.2) is 0 Å². The summed E-state index contributed by atoms with van der Waals surface area (Å²) in [5.41, 5.74) is 18.9. The van der Waals surface area contributed by atoms with E-state index >= 15 is 0 Å². The molecule has 0 fully saturated rings. The minimum absolute atomic E-state index is 0.0126. The van der Waals surface area contributed by atoms with Crippen molar-refractivity contribution in [3.63, 3.8) is 0 Å². The average Bonchev–Trinajstić information content (AvgIpc) is 3.94. The molecular formula is C61H49NS. The molecule has 1 spiro atoms. The van der Waals surface area contributed by atoms with E-state index in [0.29, 0.717) is 0 Å². The van der Waals surface area contributed by atoms with Gasteiger partial charge in [0.25, 0.3) is 0 Å². The Morgan fingerprint density at radius 1 is 0.429 bits per heavy atom. The Bertz CT molecular complexity index is 3400. The Morgan fingerprint density at radius 3 is 1.73 bits per heavy atom. The van der Waals surface area contributed by atoms with Gasteiger partial charge in [-0.05, 0) is 113 Å². The second-order valence-corrected chi connectivity index (χ2v) is 20.7. The third kappa shape index (κ3) is 5.54. The van der Waals surface area contributed by atoms with Gasteiger partial charge in [0.05, 0.1) is 21.5 Å². The molecule has 1 nitrogen and oxygen atoms in total. The van der Waals surface area contributed by atoms with Crippen molar-refractivity contribution in [3.05, 3.63) is 221 Å². The van der Waals surface area contributed by atoms with E-state index in [2.05, 4.69) is 234 Å². The lowest BCUT2D eigenvalue weighted by molar-refractivity contribution is 0.586. The van der Waals surface area contributed by atoms with E-state index in [1.807, 2.05) is 11.3 Å². The molecule has 1 aromatic heterocycles. The van der Waals surface area contributed by atoms with Gasteiger partial charge in [-0.3, -0.25) is 0 Å². The first kappa shape index (κ1) is 38.0. The highest BCUT2D eigenvalue weighted by molar-refractivity contribution is 7.26. The summed E-state index contributed by atoms with van der Waals surface area (Å²) in [7, 11) is 0. The molecule has 304 valence electrons. The van der Waals surface area contributed by atoms with E-state index in [4.69, 9.17) is 0 Å². The van der Waals surface area contributed by atoms with Crippen LogP contribution in [0.15, 0.2) is 188 Å². The van der Waals surface area contributed by atoms with Crippen LogP contribution in [0.1, 0.15) is 74.9 Å². The lowest BCUT2D eigenvalue weighted by Crippen LogP contribution is -2.27. The van der Waals surface area contributed by atoms with Gasteiger partial charge in [0, 0.05) is 26.7 Å². The molecule has 0 unspecified atom stereocenters. The molecule has 0 bridgehead atoms. The summed E-state index contributed by atoms with van der Waals surface area (Å²) in [6, 6.07) is 71.4. The van der Waals surface area contributed by atoms with Gasteiger partial charge in [0.2, 0.25) is 0 Å². The lowest BCUT2D eigenvalue weighted by Gasteiger charge is -2.33. The van der Waals surface area contributed by atoms with Crippen LogP contribution < -0.4 is 4.90 Å². The highest BCUT2D eigenvalue weighted by atomic mass is 32.1. The van der Waals surface area contributed by atoms with Crippen LogP contribution in [0.2, 0.25) is 0 Å². The standard InChI is InChI=1S/C61H49NS/c1-59(2,3)41-29-33-45-46-34-30-42(60(4,5)6)37-52(46)61(51(45)36-41)49-22-13-12-20-47(49)57-50(61)23-15-24-53(57)62(43-31-26-39(27-32-43)38-16-8-7-9-17-38)54-25-14-21-48-56-44-19-11-10-18-40(44)28-35-55(56)63-58(48)54/h7-37H,1-6H3. The number of fused-ring (bicyclic) bond motifs is 15. The third-order valence-corrected chi connectivity index (χ3v) is 15.2. The monoisotopic (exact) mass is 827 g/mol. The zero-order valence-corrected chi connectivity index (χ0v) is 37.6. The molecule has 10 aromatic rings. The van der Waals surface area contributed by atoms with Gasteiger partial charge in [-0.15, -0.1) is 11.3 Å². The van der Waals surface area contributed by atoms with Crippen molar-refractivity contribution in [2.75, 3.05) is 4.90 Å². The normalized spacial score (nSPS) is 13.7. The first-order valence-corrected chi connectivity index (χ1v) is 23.2. The first-order valence-electron chi connectivity index (χ1n) is 22.3. The predicted molar refractivity (Wildman–Crippen MR) is 271 cm³/mol. The quantitative estimate of drug-likeness (QED) is 0.171. The molecule has 2 aliphatic rings. The van der Waals surface area contributed by atoms with Crippen LogP contribution in [0.4, 0.5) is 17.1 Å². The maximum absolute atomic E-state index is 2.57. The highest BCUT2D eigenvalue weighted by Gasteiger charge is 2.53. The van der Waals surface area contributed by atoms with Gasteiger partial charge < -0.3 is 4.90 Å². The van der Waals surface area contributed by atoms with Gasteiger partial charge >= 0.3 is 0 Å². The maximum Gasteiger partial charge on any atom is 0.0726 e. The number of thiophene rings is 1. The zero-order valence-electron chi connectivity index (χ0n) is 36.8. The van der Waals surface area contributed by atoms with Crippen molar-refractivity contribution >= 4 is 59.3 Å². The summed E-state index contributed by atoms with van der Waals surface area (Å²) < 4.78 is 2.59. The maximum atomic E-state index is 2.57. The van der Waals surface area contributed by atoms with Crippen LogP contribution >= 0.6 is 11.3 Å². The fourth-order valence-electron chi connectivity index (χ4n) is 10.9. The van der Waals surface area contributed by atoms with Crippen molar-refractivity contribution in [2.24, 2.45) is 0 Å². The van der Waals surface area contributed by atoms with E-state index in [9.17, 15) is 0 Å². The fraction of sp³-hybridized carbons (Fsp3) is 0.148. The molecule has 63 heavy (non-hydrogen) atoms. The van der Waals surface area contributed by atoms with Crippen LogP contribution in [-0.2, 0) is 16.2 Å². The molecule has 0 amide bonds. The van der Waals surface area contributed by atoms with E-state index in [1.165, 1.54) is 109 Å². The van der Waals surface area contributed by atoms with E-state index in [-0.39, 0.29) is 10.8 Å². The van der Waals surface area contributed by atoms with Crippen LogP contribution in [0.5, 0.6) is 0 Å². The number of hydrogen-bond donors (Lipinski definition) is 0. The molecule has 2 heteroatoms. The first-order chi connectivity index (χ1) is 30.5. The van der Waals surface area contributed by atoms with Gasteiger partial charge in [-0.2, -0.15) is 0 Å². The topological polar surface area (TPSA) is 3.24 Å². The van der Waals surface area contributed by atoms with E-state index in [0.717, 1.165) is 5.69 Å². The third-order valence-electron chi connectivity index (χ3n) is 14.0. The Labute approximate surface area is 374 Å². The number of rotatable bonds is 4. The van der Waals surface area contributed by atoms with Crippen molar-refractivity contribution in [2.45, 2.75) is 57.8 Å². The Balaban J connectivity index is 1.18. The molecular weight excluding hydrogens is 779 g/mol. The van der Waals surface area contributed by atoms with Gasteiger partial charge in [-0.25, -0.2) is 0 Å².